The monoisotopic (exact) mass is 408 g/mol. The molecule has 5 nitrogen and oxygen atoms in total. The van der Waals surface area contributed by atoms with Crippen LogP contribution in [-0.2, 0) is 4.79 Å². The van der Waals surface area contributed by atoms with E-state index in [9.17, 15) is 14.0 Å². The largest absolute Gasteiger partial charge is 0.479 e. The summed E-state index contributed by atoms with van der Waals surface area (Å²) in [6.07, 6.45) is -0.834. The maximum atomic E-state index is 13.6. The lowest BCUT2D eigenvalue weighted by Crippen LogP contribution is -2.50. The van der Waals surface area contributed by atoms with Gasteiger partial charge in [-0.25, -0.2) is 4.39 Å². The molecule has 2 N–H and O–H groups in total. The van der Waals surface area contributed by atoms with Crippen molar-refractivity contribution in [2.24, 2.45) is 5.92 Å². The van der Waals surface area contributed by atoms with E-state index >= 15 is 0 Å². The summed E-state index contributed by atoms with van der Waals surface area (Å²) in [5.74, 6) is -1.58. The highest BCUT2D eigenvalue weighted by Gasteiger charge is 2.25. The van der Waals surface area contributed by atoms with Gasteiger partial charge in [0.25, 0.3) is 11.8 Å². The van der Waals surface area contributed by atoms with Crippen LogP contribution in [0.25, 0.3) is 0 Å². The highest BCUT2D eigenvalue weighted by atomic mass is 79.9. The number of amides is 2. The van der Waals surface area contributed by atoms with Crippen LogP contribution in [0.5, 0.6) is 5.75 Å². The van der Waals surface area contributed by atoms with Gasteiger partial charge >= 0.3 is 0 Å². The van der Waals surface area contributed by atoms with E-state index in [-0.39, 0.29) is 11.5 Å². The highest BCUT2D eigenvalue weighted by molar-refractivity contribution is 9.10. The predicted molar refractivity (Wildman–Crippen MR) is 95.4 cm³/mol. The predicted octanol–water partition coefficient (Wildman–Crippen LogP) is 3.45. The van der Waals surface area contributed by atoms with Crippen molar-refractivity contribution in [2.45, 2.75) is 20.0 Å². The van der Waals surface area contributed by atoms with Gasteiger partial charge in [0, 0.05) is 0 Å². The molecule has 0 radical (unpaired) electrons. The number of carbonyl (C=O) groups is 2. The number of rotatable bonds is 5. The first kappa shape index (κ1) is 18.9. The van der Waals surface area contributed by atoms with Crippen LogP contribution in [0.2, 0.25) is 0 Å². The van der Waals surface area contributed by atoms with Gasteiger partial charge in [0.2, 0.25) is 0 Å². The molecule has 7 heteroatoms. The minimum Gasteiger partial charge on any atom is -0.479 e. The summed E-state index contributed by atoms with van der Waals surface area (Å²) in [6.45, 7) is 3.64. The lowest BCUT2D eigenvalue weighted by atomic mass is 10.1. The molecule has 0 bridgehead atoms. The van der Waals surface area contributed by atoms with E-state index in [1.165, 1.54) is 24.3 Å². The fourth-order valence-electron chi connectivity index (χ4n) is 2.07. The van der Waals surface area contributed by atoms with Crippen molar-refractivity contribution in [3.8, 4) is 5.75 Å². The van der Waals surface area contributed by atoms with Crippen LogP contribution in [0.3, 0.4) is 0 Å². The molecule has 2 amide bonds. The van der Waals surface area contributed by atoms with Crippen LogP contribution < -0.4 is 15.6 Å². The Hall–Kier alpha value is -2.41. The van der Waals surface area contributed by atoms with Crippen LogP contribution in [0, 0.1) is 11.7 Å². The lowest BCUT2D eigenvalue weighted by Gasteiger charge is -2.22. The molecule has 0 spiro atoms. The zero-order valence-electron chi connectivity index (χ0n) is 13.8. The van der Waals surface area contributed by atoms with Crippen LogP contribution in [-0.4, -0.2) is 17.9 Å². The molecule has 0 aromatic heterocycles. The lowest BCUT2D eigenvalue weighted by molar-refractivity contribution is -0.130. The molecule has 0 saturated carbocycles. The highest BCUT2D eigenvalue weighted by Crippen LogP contribution is 2.26. The summed E-state index contributed by atoms with van der Waals surface area (Å²) in [4.78, 5) is 24.3. The fraction of sp³-hybridized carbons (Fsp3) is 0.222. The maximum Gasteiger partial charge on any atom is 0.279 e. The topological polar surface area (TPSA) is 67.4 Å². The molecule has 2 aromatic rings. The molecule has 1 atom stereocenters. The van der Waals surface area contributed by atoms with Crippen molar-refractivity contribution in [3.05, 3.63) is 64.4 Å². The minimum atomic E-state index is -0.834. The molecule has 132 valence electrons. The summed E-state index contributed by atoms with van der Waals surface area (Å²) >= 11 is 3.36. The smallest absolute Gasteiger partial charge is 0.279 e. The van der Waals surface area contributed by atoms with Crippen molar-refractivity contribution in [2.75, 3.05) is 0 Å². The Morgan fingerprint density at radius 1 is 1.04 bits per heavy atom. The van der Waals surface area contributed by atoms with Gasteiger partial charge in [0.1, 0.15) is 11.6 Å². The van der Waals surface area contributed by atoms with Crippen molar-refractivity contribution in [3.63, 3.8) is 0 Å². The second-order valence-corrected chi connectivity index (χ2v) is 6.49. The van der Waals surface area contributed by atoms with Gasteiger partial charge in [-0.1, -0.05) is 38.1 Å². The molecule has 0 unspecified atom stereocenters. The third kappa shape index (κ3) is 5.03. The van der Waals surface area contributed by atoms with Gasteiger partial charge in [-0.05, 0) is 46.1 Å². The SMILES string of the molecule is CC(C)[C@@H](Oc1ccccc1Br)C(=O)NNC(=O)c1ccccc1F. The molecule has 0 saturated heterocycles. The molecule has 0 aliphatic rings. The van der Waals surface area contributed by atoms with Gasteiger partial charge in [-0.15, -0.1) is 0 Å². The Labute approximate surface area is 153 Å². The van der Waals surface area contributed by atoms with E-state index in [2.05, 4.69) is 26.8 Å². The summed E-state index contributed by atoms with van der Waals surface area (Å²) in [6, 6.07) is 12.6. The van der Waals surface area contributed by atoms with Crippen molar-refractivity contribution >= 4 is 27.7 Å². The Kier molecular flexibility index (Phi) is 6.52. The average molecular weight is 409 g/mol. The molecule has 0 heterocycles. The zero-order chi connectivity index (χ0) is 18.4. The number of hydrogen-bond donors (Lipinski definition) is 2. The quantitative estimate of drug-likeness (QED) is 0.744. The number of hydrazine groups is 1. The first-order valence-corrected chi connectivity index (χ1v) is 8.45. The van der Waals surface area contributed by atoms with Crippen LogP contribution >= 0.6 is 15.9 Å². The van der Waals surface area contributed by atoms with Crippen molar-refractivity contribution in [1.82, 2.24) is 10.9 Å². The Bertz CT molecular complexity index is 767. The second kappa shape index (κ2) is 8.62. The van der Waals surface area contributed by atoms with Gasteiger partial charge in [0.15, 0.2) is 6.10 Å². The van der Waals surface area contributed by atoms with E-state index in [4.69, 9.17) is 4.74 Å². The number of ether oxygens (including phenoxy) is 1. The molecule has 0 aliphatic heterocycles. The Morgan fingerprint density at radius 3 is 2.32 bits per heavy atom. The number of halogens is 2. The van der Waals surface area contributed by atoms with E-state index in [0.717, 1.165) is 0 Å². The van der Waals surface area contributed by atoms with Gasteiger partial charge in [-0.2, -0.15) is 0 Å². The minimum absolute atomic E-state index is 0.155. The Balaban J connectivity index is 2.02. The van der Waals surface area contributed by atoms with Crippen LogP contribution in [0.15, 0.2) is 53.0 Å². The van der Waals surface area contributed by atoms with Gasteiger partial charge in [0.05, 0.1) is 10.0 Å². The van der Waals surface area contributed by atoms with E-state index < -0.39 is 23.7 Å². The normalized spacial score (nSPS) is 11.7. The number of benzene rings is 2. The number of carbonyl (C=O) groups excluding carboxylic acids is 2. The number of hydrogen-bond acceptors (Lipinski definition) is 3. The molecule has 0 aliphatic carbocycles. The summed E-state index contributed by atoms with van der Waals surface area (Å²) in [7, 11) is 0. The molecular formula is C18H18BrFN2O3. The second-order valence-electron chi connectivity index (χ2n) is 5.64. The number of nitrogens with one attached hydrogen (secondary N) is 2. The third-order valence-corrected chi connectivity index (χ3v) is 4.03. The standard InChI is InChI=1S/C18H18BrFN2O3/c1-11(2)16(25-15-10-6-4-8-13(15)19)18(24)22-21-17(23)12-7-3-5-9-14(12)20/h3-11,16H,1-2H3,(H,21,23)(H,22,24)/t16-/m1/s1. The van der Waals surface area contributed by atoms with Crippen LogP contribution in [0.4, 0.5) is 4.39 Å². The fourth-order valence-corrected chi connectivity index (χ4v) is 2.45. The zero-order valence-corrected chi connectivity index (χ0v) is 15.3. The summed E-state index contributed by atoms with van der Waals surface area (Å²) in [5.41, 5.74) is 4.33. The van der Waals surface area contributed by atoms with Gasteiger partial charge in [-0.3, -0.25) is 20.4 Å². The molecule has 25 heavy (non-hydrogen) atoms. The Morgan fingerprint density at radius 2 is 1.68 bits per heavy atom. The van der Waals surface area contributed by atoms with E-state index in [1.807, 2.05) is 19.9 Å². The molecular weight excluding hydrogens is 391 g/mol. The maximum absolute atomic E-state index is 13.6. The molecule has 0 fully saturated rings. The van der Waals surface area contributed by atoms with E-state index in [0.29, 0.717) is 10.2 Å². The third-order valence-electron chi connectivity index (χ3n) is 3.37. The summed E-state index contributed by atoms with van der Waals surface area (Å²) < 4.78 is 20.0. The molecule has 2 aromatic carbocycles. The van der Waals surface area contributed by atoms with Gasteiger partial charge < -0.3 is 4.74 Å². The van der Waals surface area contributed by atoms with Crippen LogP contribution in [0.1, 0.15) is 24.2 Å². The van der Waals surface area contributed by atoms with Crippen molar-refractivity contribution < 1.29 is 18.7 Å². The van der Waals surface area contributed by atoms with E-state index in [1.54, 1.807) is 18.2 Å². The average Bonchev–Trinajstić information content (AvgIpc) is 2.58. The first-order valence-electron chi connectivity index (χ1n) is 7.66. The first-order chi connectivity index (χ1) is 11.9. The molecule has 2 rings (SSSR count). The number of para-hydroxylation sites is 1. The van der Waals surface area contributed by atoms with Crippen molar-refractivity contribution in [1.29, 1.82) is 0 Å². The summed E-state index contributed by atoms with van der Waals surface area (Å²) in [5, 5.41) is 0.